The normalized spacial score (nSPS) is 11.5. The van der Waals surface area contributed by atoms with Gasteiger partial charge < -0.3 is 5.11 Å². The molecule has 0 spiro atoms. The molecule has 0 aliphatic rings. The lowest BCUT2D eigenvalue weighted by Crippen LogP contribution is -1.85. The van der Waals surface area contributed by atoms with E-state index in [0.29, 0.717) is 5.56 Å². The summed E-state index contributed by atoms with van der Waals surface area (Å²) in [6.07, 6.45) is 5.98. The molecule has 4 heteroatoms. The molecule has 0 saturated heterocycles. The first-order valence-electron chi connectivity index (χ1n) is 5.14. The molecule has 1 aromatic carbocycles. The first kappa shape index (κ1) is 11.4. The quantitative estimate of drug-likeness (QED) is 0.880. The molecular weight excluding hydrogens is 219 g/mol. The predicted molar refractivity (Wildman–Crippen MR) is 63.6 cm³/mol. The Hall–Kier alpha value is -2.07. The zero-order chi connectivity index (χ0) is 12.1. The standard InChI is InChI=1S/C13H11FN2O/c14-12(5-8-17)10-1-3-11(4-2-10)13-9-15-6-7-16-13/h1-7,9,17H,8H2/b12-5+. The maximum atomic E-state index is 13.3. The molecule has 0 atom stereocenters. The van der Waals surface area contributed by atoms with E-state index in [1.165, 1.54) is 0 Å². The Morgan fingerprint density at radius 3 is 2.59 bits per heavy atom. The van der Waals surface area contributed by atoms with E-state index in [4.69, 9.17) is 5.11 Å². The van der Waals surface area contributed by atoms with Crippen LogP contribution in [0.2, 0.25) is 0 Å². The van der Waals surface area contributed by atoms with Crippen LogP contribution in [-0.2, 0) is 0 Å². The van der Waals surface area contributed by atoms with Crippen LogP contribution in [0.3, 0.4) is 0 Å². The lowest BCUT2D eigenvalue weighted by molar-refractivity contribution is 0.342. The van der Waals surface area contributed by atoms with Crippen molar-refractivity contribution in [2.24, 2.45) is 0 Å². The van der Waals surface area contributed by atoms with Crippen LogP contribution in [0.1, 0.15) is 5.56 Å². The third-order valence-electron chi connectivity index (χ3n) is 2.29. The van der Waals surface area contributed by atoms with Crippen LogP contribution in [0.4, 0.5) is 4.39 Å². The smallest absolute Gasteiger partial charge is 0.128 e. The Balaban J connectivity index is 2.28. The summed E-state index contributed by atoms with van der Waals surface area (Å²) in [4.78, 5) is 8.12. The molecule has 0 unspecified atom stereocenters. The van der Waals surface area contributed by atoms with Gasteiger partial charge in [0.2, 0.25) is 0 Å². The highest BCUT2D eigenvalue weighted by Crippen LogP contribution is 2.20. The fraction of sp³-hybridized carbons (Fsp3) is 0.0769. The highest BCUT2D eigenvalue weighted by Gasteiger charge is 2.02. The molecule has 0 aliphatic heterocycles. The molecule has 0 fully saturated rings. The fourth-order valence-electron chi connectivity index (χ4n) is 1.45. The van der Waals surface area contributed by atoms with E-state index in [1.807, 2.05) is 0 Å². The first-order chi connectivity index (χ1) is 8.31. The Kier molecular flexibility index (Phi) is 3.57. The average molecular weight is 230 g/mol. The van der Waals surface area contributed by atoms with Crippen molar-refractivity contribution < 1.29 is 9.50 Å². The van der Waals surface area contributed by atoms with Gasteiger partial charge in [0.25, 0.3) is 0 Å². The molecule has 1 aromatic heterocycles. The van der Waals surface area contributed by atoms with Crippen LogP contribution >= 0.6 is 0 Å². The molecule has 0 amide bonds. The van der Waals surface area contributed by atoms with Gasteiger partial charge in [-0.15, -0.1) is 0 Å². The monoisotopic (exact) mass is 230 g/mol. The van der Waals surface area contributed by atoms with Crippen LogP contribution in [0.15, 0.2) is 48.9 Å². The maximum Gasteiger partial charge on any atom is 0.128 e. The van der Waals surface area contributed by atoms with Crippen molar-refractivity contribution in [2.75, 3.05) is 6.61 Å². The number of aromatic nitrogens is 2. The molecule has 3 nitrogen and oxygen atoms in total. The van der Waals surface area contributed by atoms with E-state index in [2.05, 4.69) is 9.97 Å². The van der Waals surface area contributed by atoms with Gasteiger partial charge in [0.1, 0.15) is 5.83 Å². The molecule has 17 heavy (non-hydrogen) atoms. The van der Waals surface area contributed by atoms with Gasteiger partial charge in [-0.1, -0.05) is 24.3 Å². The maximum absolute atomic E-state index is 13.3. The van der Waals surface area contributed by atoms with Crippen LogP contribution in [-0.4, -0.2) is 21.7 Å². The Morgan fingerprint density at radius 1 is 1.24 bits per heavy atom. The van der Waals surface area contributed by atoms with Crippen molar-refractivity contribution in [1.82, 2.24) is 9.97 Å². The van der Waals surface area contributed by atoms with Crippen molar-refractivity contribution in [2.45, 2.75) is 0 Å². The van der Waals surface area contributed by atoms with Gasteiger partial charge in [0, 0.05) is 23.5 Å². The van der Waals surface area contributed by atoms with Crippen molar-refractivity contribution in [1.29, 1.82) is 0 Å². The van der Waals surface area contributed by atoms with Crippen molar-refractivity contribution in [3.05, 3.63) is 54.5 Å². The summed E-state index contributed by atoms with van der Waals surface area (Å²) in [7, 11) is 0. The molecule has 1 N–H and O–H groups in total. The second-order valence-corrected chi connectivity index (χ2v) is 3.40. The van der Waals surface area contributed by atoms with Gasteiger partial charge in [-0.25, -0.2) is 4.39 Å². The summed E-state index contributed by atoms with van der Waals surface area (Å²) >= 11 is 0. The summed E-state index contributed by atoms with van der Waals surface area (Å²) in [5.41, 5.74) is 2.05. The zero-order valence-corrected chi connectivity index (χ0v) is 9.05. The van der Waals surface area contributed by atoms with Gasteiger partial charge in [0.15, 0.2) is 0 Å². The number of aliphatic hydroxyl groups is 1. The average Bonchev–Trinajstić information content (AvgIpc) is 2.40. The highest BCUT2D eigenvalue weighted by atomic mass is 19.1. The third-order valence-corrected chi connectivity index (χ3v) is 2.29. The molecule has 1 heterocycles. The Bertz CT molecular complexity index is 509. The van der Waals surface area contributed by atoms with Gasteiger partial charge >= 0.3 is 0 Å². The summed E-state index contributed by atoms with van der Waals surface area (Å²) in [6.45, 7) is -0.308. The fourth-order valence-corrected chi connectivity index (χ4v) is 1.45. The van der Waals surface area contributed by atoms with Crippen LogP contribution < -0.4 is 0 Å². The minimum absolute atomic E-state index is 0.308. The number of benzene rings is 1. The lowest BCUT2D eigenvalue weighted by Gasteiger charge is -2.01. The second-order valence-electron chi connectivity index (χ2n) is 3.40. The highest BCUT2D eigenvalue weighted by molar-refractivity contribution is 5.65. The number of rotatable bonds is 3. The Morgan fingerprint density at radius 2 is 2.00 bits per heavy atom. The van der Waals surface area contributed by atoms with Crippen LogP contribution in [0, 0.1) is 0 Å². The first-order valence-corrected chi connectivity index (χ1v) is 5.14. The van der Waals surface area contributed by atoms with Gasteiger partial charge in [-0.05, 0) is 6.08 Å². The SMILES string of the molecule is OC/C=C(/F)c1ccc(-c2cnccn2)cc1. The van der Waals surface area contributed by atoms with E-state index in [-0.39, 0.29) is 6.61 Å². The van der Waals surface area contributed by atoms with E-state index in [1.54, 1.807) is 42.9 Å². The zero-order valence-electron chi connectivity index (χ0n) is 9.05. The largest absolute Gasteiger partial charge is 0.392 e. The van der Waals surface area contributed by atoms with Crippen molar-refractivity contribution in [3.63, 3.8) is 0 Å². The molecule has 86 valence electrons. The van der Waals surface area contributed by atoms with E-state index >= 15 is 0 Å². The summed E-state index contributed by atoms with van der Waals surface area (Å²) in [5.74, 6) is -0.432. The van der Waals surface area contributed by atoms with Crippen LogP contribution in [0.5, 0.6) is 0 Å². The number of nitrogens with zero attached hydrogens (tertiary/aromatic N) is 2. The lowest BCUT2D eigenvalue weighted by atomic mass is 10.1. The molecule has 0 radical (unpaired) electrons. The van der Waals surface area contributed by atoms with Crippen LogP contribution in [0.25, 0.3) is 17.1 Å². The van der Waals surface area contributed by atoms with Gasteiger partial charge in [-0.2, -0.15) is 0 Å². The van der Waals surface area contributed by atoms with Gasteiger partial charge in [-0.3, -0.25) is 9.97 Å². The Labute approximate surface area is 98.3 Å². The predicted octanol–water partition coefficient (Wildman–Crippen LogP) is 2.45. The number of hydrogen-bond donors (Lipinski definition) is 1. The summed E-state index contributed by atoms with van der Waals surface area (Å²) in [5, 5.41) is 8.60. The third kappa shape index (κ3) is 2.73. The molecule has 2 rings (SSSR count). The summed E-state index contributed by atoms with van der Waals surface area (Å²) < 4.78 is 13.3. The van der Waals surface area contributed by atoms with Crippen molar-refractivity contribution in [3.8, 4) is 11.3 Å². The van der Waals surface area contributed by atoms with Crippen molar-refractivity contribution >= 4 is 5.83 Å². The number of hydrogen-bond acceptors (Lipinski definition) is 3. The van der Waals surface area contributed by atoms with E-state index in [0.717, 1.165) is 17.3 Å². The summed E-state index contributed by atoms with van der Waals surface area (Å²) in [6, 6.07) is 6.82. The minimum Gasteiger partial charge on any atom is -0.392 e. The van der Waals surface area contributed by atoms with E-state index < -0.39 is 5.83 Å². The van der Waals surface area contributed by atoms with Gasteiger partial charge in [0.05, 0.1) is 18.5 Å². The molecule has 0 aliphatic carbocycles. The molecule has 0 saturated carbocycles. The van der Waals surface area contributed by atoms with E-state index in [9.17, 15) is 4.39 Å². The minimum atomic E-state index is -0.432. The molecule has 0 bridgehead atoms. The molecular formula is C13H11FN2O. The number of aliphatic hydroxyl groups excluding tert-OH is 1. The topological polar surface area (TPSA) is 46.0 Å². The molecule has 2 aromatic rings. The second kappa shape index (κ2) is 5.32. The number of halogens is 1.